The van der Waals surface area contributed by atoms with Gasteiger partial charge in [0.15, 0.2) is 0 Å². The van der Waals surface area contributed by atoms with Crippen LogP contribution in [0, 0.1) is 0 Å². The van der Waals surface area contributed by atoms with Gasteiger partial charge in [0.05, 0.1) is 59.5 Å². The Bertz CT molecular complexity index is 292. The first kappa shape index (κ1) is 24.6. The Morgan fingerprint density at radius 3 is 1.64 bits per heavy atom. The highest BCUT2D eigenvalue weighted by Crippen LogP contribution is 1.96. The monoisotopic (exact) mass is 356 g/mol. The molecule has 0 unspecified atom stereocenters. The second-order valence-corrected chi connectivity index (χ2v) is 5.86. The van der Waals surface area contributed by atoms with Crippen LogP contribution in [0.25, 0.3) is 0 Å². The molecule has 0 aliphatic heterocycles. The Hall–Kier alpha value is -0.400. The molecule has 2 radical (unpaired) electrons. The second kappa shape index (κ2) is 19.9. The van der Waals surface area contributed by atoms with Crippen LogP contribution in [0.2, 0.25) is 18.5 Å². The maximum Gasteiger partial charge on any atom is 0.208 e. The van der Waals surface area contributed by atoms with Crippen LogP contribution in [0.5, 0.6) is 0 Å². The minimum absolute atomic E-state index is 0.0167. The summed E-state index contributed by atoms with van der Waals surface area (Å²) in [6, 6.07) is 0. The first-order chi connectivity index (χ1) is 12.2. The van der Waals surface area contributed by atoms with Crippen molar-refractivity contribution in [1.82, 2.24) is 0 Å². The molecule has 8 heteroatoms. The summed E-state index contributed by atoms with van der Waals surface area (Å²) in [6.07, 6.45) is 2.09. The maximum absolute atomic E-state index is 11.4. The SMILES string of the molecule is CC[B]CCOCCOCCOCCOCCOCC(=O)[B]C(C)C. The summed E-state index contributed by atoms with van der Waals surface area (Å²) in [5.74, 6) is 0.255. The van der Waals surface area contributed by atoms with E-state index in [2.05, 4.69) is 14.2 Å². The summed E-state index contributed by atoms with van der Waals surface area (Å²) >= 11 is 0. The predicted octanol–water partition coefficient (Wildman–Crippen LogP) is 1.69. The molecule has 144 valence electrons. The van der Waals surface area contributed by atoms with E-state index in [0.717, 1.165) is 19.2 Å². The van der Waals surface area contributed by atoms with Gasteiger partial charge in [-0.2, -0.15) is 0 Å². The van der Waals surface area contributed by atoms with E-state index in [9.17, 15) is 4.79 Å². The standard InChI is InChI=1S/C17H34B2O6/c1-4-18-5-6-21-7-8-22-9-10-23-11-12-24-13-14-25-15-17(20)19-16(2)3/h16H,4-15H2,1-3H3. The molecule has 0 fully saturated rings. The van der Waals surface area contributed by atoms with Crippen molar-refractivity contribution in [2.45, 2.75) is 39.2 Å². The average molecular weight is 356 g/mol. The van der Waals surface area contributed by atoms with Crippen molar-refractivity contribution in [3.05, 3.63) is 0 Å². The van der Waals surface area contributed by atoms with Crippen LogP contribution in [0.4, 0.5) is 0 Å². The molecule has 0 aromatic rings. The van der Waals surface area contributed by atoms with Gasteiger partial charge in [0, 0.05) is 6.61 Å². The van der Waals surface area contributed by atoms with Gasteiger partial charge in [-0.15, -0.1) is 0 Å². The van der Waals surface area contributed by atoms with E-state index in [-0.39, 0.29) is 18.1 Å². The first-order valence-electron chi connectivity index (χ1n) is 9.24. The fourth-order valence-electron chi connectivity index (χ4n) is 1.84. The molecule has 0 rings (SSSR count). The zero-order chi connectivity index (χ0) is 18.6. The number of carbonyl (C=O) groups excluding carboxylic acids is 1. The van der Waals surface area contributed by atoms with E-state index in [4.69, 9.17) is 23.7 Å². The molecule has 0 amide bonds. The number of hydrogen-bond donors (Lipinski definition) is 0. The summed E-state index contributed by atoms with van der Waals surface area (Å²) < 4.78 is 26.8. The molecule has 25 heavy (non-hydrogen) atoms. The van der Waals surface area contributed by atoms with Crippen molar-refractivity contribution in [3.63, 3.8) is 0 Å². The highest BCUT2D eigenvalue weighted by Gasteiger charge is 2.06. The van der Waals surface area contributed by atoms with Crippen molar-refractivity contribution in [3.8, 4) is 0 Å². The maximum atomic E-state index is 11.4. The van der Waals surface area contributed by atoms with Crippen LogP contribution < -0.4 is 0 Å². The molecular formula is C17H34B2O6. The first-order valence-corrected chi connectivity index (χ1v) is 9.24. The molecule has 0 heterocycles. The third-order valence-electron chi connectivity index (χ3n) is 3.01. The van der Waals surface area contributed by atoms with E-state index in [1.807, 2.05) is 13.8 Å². The lowest BCUT2D eigenvalue weighted by atomic mass is 9.63. The van der Waals surface area contributed by atoms with Gasteiger partial charge in [0.1, 0.15) is 13.0 Å². The van der Waals surface area contributed by atoms with E-state index < -0.39 is 0 Å². The summed E-state index contributed by atoms with van der Waals surface area (Å²) in [5, 5.41) is 0. The number of hydrogen-bond acceptors (Lipinski definition) is 6. The Morgan fingerprint density at radius 1 is 0.760 bits per heavy atom. The minimum Gasteiger partial charge on any atom is -0.380 e. The Labute approximate surface area is 154 Å². The molecule has 0 aromatic carbocycles. The zero-order valence-electron chi connectivity index (χ0n) is 16.2. The normalized spacial score (nSPS) is 11.0. The van der Waals surface area contributed by atoms with E-state index in [1.165, 1.54) is 0 Å². The topological polar surface area (TPSA) is 63.2 Å². The van der Waals surface area contributed by atoms with Crippen LogP contribution >= 0.6 is 0 Å². The molecule has 0 saturated heterocycles. The van der Waals surface area contributed by atoms with E-state index >= 15 is 0 Å². The Morgan fingerprint density at radius 2 is 1.20 bits per heavy atom. The minimum atomic E-state index is 0.0167. The van der Waals surface area contributed by atoms with Crippen molar-refractivity contribution >= 4 is 20.2 Å². The van der Waals surface area contributed by atoms with Crippen LogP contribution in [0.3, 0.4) is 0 Å². The van der Waals surface area contributed by atoms with Gasteiger partial charge in [-0.3, -0.25) is 0 Å². The van der Waals surface area contributed by atoms with Gasteiger partial charge in [-0.1, -0.05) is 39.2 Å². The van der Waals surface area contributed by atoms with Crippen LogP contribution in [0.1, 0.15) is 20.8 Å². The highest BCUT2D eigenvalue weighted by atomic mass is 16.6. The molecular weight excluding hydrogens is 322 g/mol. The fraction of sp³-hybridized carbons (Fsp3) is 0.941. The third kappa shape index (κ3) is 21.6. The second-order valence-electron chi connectivity index (χ2n) is 5.86. The molecule has 0 N–H and O–H groups in total. The summed E-state index contributed by atoms with van der Waals surface area (Å²) in [6.45, 7) is 11.2. The van der Waals surface area contributed by atoms with Crippen molar-refractivity contribution in [1.29, 1.82) is 0 Å². The number of ether oxygens (including phenoxy) is 5. The van der Waals surface area contributed by atoms with Crippen LogP contribution in [0.15, 0.2) is 0 Å². The van der Waals surface area contributed by atoms with Crippen LogP contribution in [-0.4, -0.2) is 86.3 Å². The molecule has 0 aromatic heterocycles. The molecule has 0 spiro atoms. The predicted molar refractivity (Wildman–Crippen MR) is 101 cm³/mol. The highest BCUT2D eigenvalue weighted by molar-refractivity contribution is 6.75. The Balaban J connectivity index is 3.06. The van der Waals surface area contributed by atoms with E-state index in [1.54, 1.807) is 7.28 Å². The molecule has 0 aliphatic carbocycles. The van der Waals surface area contributed by atoms with Gasteiger partial charge in [-0.05, 0) is 0 Å². The van der Waals surface area contributed by atoms with Crippen molar-refractivity contribution in [2.75, 3.05) is 66.1 Å². The lowest BCUT2D eigenvalue weighted by Crippen LogP contribution is -2.20. The lowest BCUT2D eigenvalue weighted by Gasteiger charge is -2.08. The van der Waals surface area contributed by atoms with Gasteiger partial charge in [0.25, 0.3) is 0 Å². The van der Waals surface area contributed by atoms with Gasteiger partial charge in [-0.25, -0.2) is 0 Å². The summed E-state index contributed by atoms with van der Waals surface area (Å²) in [4.78, 5) is 11.4. The average Bonchev–Trinajstić information content (AvgIpc) is 2.57. The molecule has 0 bridgehead atoms. The Kier molecular flexibility index (Phi) is 19.6. The molecule has 0 atom stereocenters. The van der Waals surface area contributed by atoms with E-state index in [0.29, 0.717) is 52.9 Å². The van der Waals surface area contributed by atoms with Gasteiger partial charge >= 0.3 is 0 Å². The largest absolute Gasteiger partial charge is 0.380 e. The molecule has 6 nitrogen and oxygen atoms in total. The van der Waals surface area contributed by atoms with Crippen molar-refractivity contribution < 1.29 is 28.5 Å². The fourth-order valence-corrected chi connectivity index (χ4v) is 1.84. The lowest BCUT2D eigenvalue weighted by molar-refractivity contribution is -0.116. The van der Waals surface area contributed by atoms with Gasteiger partial charge in [0.2, 0.25) is 7.28 Å². The number of rotatable bonds is 20. The molecule has 0 saturated carbocycles. The summed E-state index contributed by atoms with van der Waals surface area (Å²) in [5.41, 5.74) is 0.0167. The van der Waals surface area contributed by atoms with Gasteiger partial charge < -0.3 is 28.5 Å². The molecule has 0 aliphatic rings. The summed E-state index contributed by atoms with van der Waals surface area (Å²) in [7, 11) is 3.86. The van der Waals surface area contributed by atoms with Crippen molar-refractivity contribution in [2.24, 2.45) is 0 Å². The zero-order valence-corrected chi connectivity index (χ0v) is 16.2. The number of carbonyl (C=O) groups is 1. The van der Waals surface area contributed by atoms with Crippen LogP contribution in [-0.2, 0) is 28.5 Å². The smallest absolute Gasteiger partial charge is 0.208 e. The third-order valence-corrected chi connectivity index (χ3v) is 3.01. The quantitative estimate of drug-likeness (QED) is 0.244.